The highest BCUT2D eigenvalue weighted by Gasteiger charge is 2.44. The van der Waals surface area contributed by atoms with Crippen LogP contribution in [0.4, 0.5) is 0 Å². The summed E-state index contributed by atoms with van der Waals surface area (Å²) < 4.78 is 21.7. The molecule has 10 heteroatoms. The van der Waals surface area contributed by atoms with Crippen LogP contribution in [0, 0.1) is 0 Å². The van der Waals surface area contributed by atoms with Gasteiger partial charge in [0, 0.05) is 12.5 Å². The van der Waals surface area contributed by atoms with Gasteiger partial charge in [0.2, 0.25) is 6.29 Å². The molecule has 0 bridgehead atoms. The van der Waals surface area contributed by atoms with E-state index in [1.165, 1.54) is 18.2 Å². The number of rotatable bonds is 6. The summed E-state index contributed by atoms with van der Waals surface area (Å²) in [6.45, 7) is 0.307. The van der Waals surface area contributed by atoms with Crippen LogP contribution in [-0.2, 0) is 11.2 Å². The fourth-order valence-corrected chi connectivity index (χ4v) is 3.60. The Kier molecular flexibility index (Phi) is 6.49. The molecule has 0 radical (unpaired) electrons. The van der Waals surface area contributed by atoms with Crippen LogP contribution in [0.3, 0.4) is 0 Å². The summed E-state index contributed by atoms with van der Waals surface area (Å²) in [6.07, 6.45) is -7.19. The summed E-state index contributed by atoms with van der Waals surface area (Å²) in [5.41, 5.74) is 0.765. The molecule has 2 aromatic rings. The van der Waals surface area contributed by atoms with Gasteiger partial charge in [-0.2, -0.15) is 0 Å². The summed E-state index contributed by atoms with van der Waals surface area (Å²) in [5, 5.41) is 49.3. The highest BCUT2D eigenvalue weighted by molar-refractivity contribution is 6.00. The van der Waals surface area contributed by atoms with Gasteiger partial charge < -0.3 is 44.5 Å². The Bertz CT molecular complexity index is 975. The smallest absolute Gasteiger partial charge is 0.229 e. The van der Waals surface area contributed by atoms with E-state index in [1.807, 2.05) is 0 Å². The zero-order valence-electron chi connectivity index (χ0n) is 17.0. The van der Waals surface area contributed by atoms with Gasteiger partial charge in [-0.25, -0.2) is 0 Å². The molecule has 0 aliphatic carbocycles. The zero-order chi connectivity index (χ0) is 22.8. The Hall–Kier alpha value is -2.89. The molecular formula is C22H24O10. The van der Waals surface area contributed by atoms with Crippen LogP contribution in [0.1, 0.15) is 15.9 Å². The third kappa shape index (κ3) is 4.50. The lowest BCUT2D eigenvalue weighted by Crippen LogP contribution is -2.60. The van der Waals surface area contributed by atoms with Gasteiger partial charge in [0.1, 0.15) is 49.1 Å². The fraction of sp³-hybridized carbons (Fsp3) is 0.409. The lowest BCUT2D eigenvalue weighted by atomic mass is 9.99. The Labute approximate surface area is 183 Å². The van der Waals surface area contributed by atoms with Gasteiger partial charge >= 0.3 is 0 Å². The summed E-state index contributed by atoms with van der Waals surface area (Å²) in [6, 6.07) is 9.15. The van der Waals surface area contributed by atoms with Crippen molar-refractivity contribution in [3.05, 3.63) is 47.5 Å². The zero-order valence-corrected chi connectivity index (χ0v) is 17.0. The number of Topliss-reactive ketones (excluding diaryl/α,β-unsaturated/α-hetero) is 1. The van der Waals surface area contributed by atoms with Crippen molar-refractivity contribution in [2.24, 2.45) is 0 Å². The highest BCUT2D eigenvalue weighted by Crippen LogP contribution is 2.32. The molecule has 2 aliphatic heterocycles. The van der Waals surface area contributed by atoms with Crippen LogP contribution in [0.15, 0.2) is 36.4 Å². The van der Waals surface area contributed by atoms with E-state index in [2.05, 4.69) is 0 Å². The number of phenols is 1. The lowest BCUT2D eigenvalue weighted by Gasteiger charge is -2.39. The van der Waals surface area contributed by atoms with Gasteiger partial charge in [-0.15, -0.1) is 0 Å². The van der Waals surface area contributed by atoms with E-state index in [0.717, 1.165) is 0 Å². The Balaban J connectivity index is 1.44. The van der Waals surface area contributed by atoms with Gasteiger partial charge in [0.25, 0.3) is 0 Å². The molecule has 1 fully saturated rings. The van der Waals surface area contributed by atoms with E-state index >= 15 is 0 Å². The monoisotopic (exact) mass is 448 g/mol. The number of ketones is 1. The topological polar surface area (TPSA) is 155 Å². The number of hydrogen-bond donors (Lipinski definition) is 5. The average Bonchev–Trinajstić information content (AvgIpc) is 2.79. The van der Waals surface area contributed by atoms with Gasteiger partial charge in [0.15, 0.2) is 17.3 Å². The van der Waals surface area contributed by atoms with Crippen molar-refractivity contribution in [3.63, 3.8) is 0 Å². The molecule has 2 heterocycles. The first-order valence-corrected chi connectivity index (χ1v) is 10.1. The molecule has 2 aliphatic rings. The number of carbonyl (C=O) groups excluding carboxylic acids is 1. The molecule has 0 spiro atoms. The number of hydrogen-bond acceptors (Lipinski definition) is 10. The van der Waals surface area contributed by atoms with E-state index in [0.29, 0.717) is 30.3 Å². The molecule has 0 saturated carbocycles. The van der Waals surface area contributed by atoms with Crippen molar-refractivity contribution in [2.45, 2.75) is 37.1 Å². The highest BCUT2D eigenvalue weighted by atomic mass is 16.7. The maximum Gasteiger partial charge on any atom is 0.229 e. The lowest BCUT2D eigenvalue weighted by molar-refractivity contribution is -0.277. The van der Waals surface area contributed by atoms with E-state index in [-0.39, 0.29) is 29.3 Å². The van der Waals surface area contributed by atoms with Crippen LogP contribution >= 0.6 is 0 Å². The minimum atomic E-state index is -1.59. The molecule has 5 N–H and O–H groups in total. The molecule has 172 valence electrons. The molecule has 5 atom stereocenters. The predicted molar refractivity (Wildman–Crippen MR) is 108 cm³/mol. The first-order chi connectivity index (χ1) is 15.4. The van der Waals surface area contributed by atoms with E-state index in [9.17, 15) is 30.3 Å². The number of phenolic OH excluding ortho intramolecular Hbond substituents is 1. The van der Waals surface area contributed by atoms with Crippen molar-refractivity contribution in [1.82, 2.24) is 0 Å². The van der Waals surface area contributed by atoms with Crippen molar-refractivity contribution in [3.8, 4) is 23.0 Å². The predicted octanol–water partition coefficient (Wildman–Crippen LogP) is -0.233. The Morgan fingerprint density at radius 2 is 1.72 bits per heavy atom. The molecule has 10 nitrogen and oxygen atoms in total. The quantitative estimate of drug-likeness (QED) is 0.374. The number of fused-ring (bicyclic) bond motifs is 1. The van der Waals surface area contributed by atoms with Crippen LogP contribution in [-0.4, -0.2) is 81.8 Å². The summed E-state index contributed by atoms with van der Waals surface area (Å²) >= 11 is 0. The minimum absolute atomic E-state index is 0.0249. The Morgan fingerprint density at radius 3 is 2.44 bits per heavy atom. The fourth-order valence-electron chi connectivity index (χ4n) is 3.60. The molecule has 0 unspecified atom stereocenters. The minimum Gasteiger partial charge on any atom is -0.507 e. The van der Waals surface area contributed by atoms with Gasteiger partial charge in [-0.3, -0.25) is 4.79 Å². The SMILES string of the molecule is O=C(Cc1ccc2c(c1)OCCO2)c1ccc(O[C@H]2O[C@@H](CO)[C@@H](O)[C@@H](O)[C@@H]2O)cc1O. The molecule has 0 aromatic heterocycles. The van der Waals surface area contributed by atoms with Gasteiger partial charge in [-0.05, 0) is 29.8 Å². The number of aromatic hydroxyl groups is 1. The van der Waals surface area contributed by atoms with Crippen molar-refractivity contribution in [2.75, 3.05) is 19.8 Å². The summed E-state index contributed by atoms with van der Waals surface area (Å²) in [5.74, 6) is 0.565. The van der Waals surface area contributed by atoms with Crippen LogP contribution < -0.4 is 14.2 Å². The summed E-state index contributed by atoms with van der Waals surface area (Å²) in [4.78, 5) is 12.7. The second kappa shape index (κ2) is 9.31. The van der Waals surface area contributed by atoms with Crippen LogP contribution in [0.5, 0.6) is 23.0 Å². The van der Waals surface area contributed by atoms with Crippen molar-refractivity contribution in [1.29, 1.82) is 0 Å². The molecule has 32 heavy (non-hydrogen) atoms. The maximum absolute atomic E-state index is 12.7. The molecule has 0 amide bonds. The summed E-state index contributed by atoms with van der Waals surface area (Å²) in [7, 11) is 0. The van der Waals surface area contributed by atoms with E-state index in [1.54, 1.807) is 18.2 Å². The van der Waals surface area contributed by atoms with Gasteiger partial charge in [0.05, 0.1) is 12.2 Å². The molecule has 2 aromatic carbocycles. The van der Waals surface area contributed by atoms with Crippen LogP contribution in [0.2, 0.25) is 0 Å². The number of aliphatic hydroxyl groups is 4. The van der Waals surface area contributed by atoms with Crippen LogP contribution in [0.25, 0.3) is 0 Å². The molecule has 4 rings (SSSR count). The second-order valence-electron chi connectivity index (χ2n) is 7.57. The normalized spacial score (nSPS) is 27.1. The van der Waals surface area contributed by atoms with Gasteiger partial charge in [-0.1, -0.05) is 6.07 Å². The maximum atomic E-state index is 12.7. The van der Waals surface area contributed by atoms with E-state index in [4.69, 9.17) is 18.9 Å². The third-order valence-electron chi connectivity index (χ3n) is 5.34. The number of carbonyl (C=O) groups is 1. The molecular weight excluding hydrogens is 424 g/mol. The Morgan fingerprint density at radius 1 is 0.969 bits per heavy atom. The number of benzene rings is 2. The van der Waals surface area contributed by atoms with Crippen molar-refractivity contribution < 1.29 is 49.3 Å². The van der Waals surface area contributed by atoms with Crippen molar-refractivity contribution >= 4 is 5.78 Å². The standard InChI is InChI=1S/C22H24O10/c23-10-18-19(26)20(27)21(28)22(32-18)31-12-2-3-13(15(25)9-12)14(24)7-11-1-4-16-17(8-11)30-6-5-29-16/h1-4,8-9,18-23,25-28H,5-7,10H2/t18-,19+,20+,21-,22-/m0/s1. The molecule has 1 saturated heterocycles. The largest absolute Gasteiger partial charge is 0.507 e. The third-order valence-corrected chi connectivity index (χ3v) is 5.34. The average molecular weight is 448 g/mol. The second-order valence-corrected chi connectivity index (χ2v) is 7.57. The first-order valence-electron chi connectivity index (χ1n) is 10.1. The first kappa shape index (κ1) is 22.3. The number of ether oxygens (including phenoxy) is 4. The van der Waals surface area contributed by atoms with E-state index < -0.39 is 37.3 Å². The number of aliphatic hydroxyl groups excluding tert-OH is 4.